The number of fused-ring (bicyclic) bond motifs is 1. The fourth-order valence-electron chi connectivity index (χ4n) is 2.97. The number of rotatable bonds is 2. The van der Waals surface area contributed by atoms with Gasteiger partial charge in [0.1, 0.15) is 11.4 Å². The third-order valence-electron chi connectivity index (χ3n) is 4.34. The van der Waals surface area contributed by atoms with E-state index in [2.05, 4.69) is 64.1 Å². The second kappa shape index (κ2) is 4.88. The first kappa shape index (κ1) is 14.2. The number of hydrogen-bond acceptors (Lipinski definition) is 2. The zero-order chi connectivity index (χ0) is 15.2. The van der Waals surface area contributed by atoms with Crippen LogP contribution in [0, 0.1) is 13.8 Å². The van der Waals surface area contributed by atoms with E-state index in [4.69, 9.17) is 10.5 Å². The molecule has 1 aliphatic rings. The molecule has 0 fully saturated rings. The van der Waals surface area contributed by atoms with E-state index < -0.39 is 0 Å². The van der Waals surface area contributed by atoms with Gasteiger partial charge in [0.25, 0.3) is 0 Å². The molecule has 1 aliphatic heterocycles. The summed E-state index contributed by atoms with van der Waals surface area (Å²) < 4.78 is 5.93. The van der Waals surface area contributed by atoms with Gasteiger partial charge < -0.3 is 10.5 Å². The van der Waals surface area contributed by atoms with Gasteiger partial charge in [-0.05, 0) is 61.6 Å². The van der Waals surface area contributed by atoms with Crippen LogP contribution >= 0.6 is 0 Å². The Labute approximate surface area is 126 Å². The van der Waals surface area contributed by atoms with Crippen LogP contribution in [0.3, 0.4) is 0 Å². The lowest BCUT2D eigenvalue weighted by Crippen LogP contribution is -2.24. The van der Waals surface area contributed by atoms with Crippen molar-refractivity contribution < 1.29 is 4.74 Å². The second-order valence-corrected chi connectivity index (χ2v) is 6.73. The van der Waals surface area contributed by atoms with Crippen molar-refractivity contribution in [3.8, 4) is 5.75 Å². The maximum Gasteiger partial charge on any atom is 0.123 e. The third-order valence-corrected chi connectivity index (χ3v) is 4.34. The van der Waals surface area contributed by atoms with Crippen LogP contribution in [0.25, 0.3) is 0 Å². The Hall–Kier alpha value is -1.80. The highest BCUT2D eigenvalue weighted by Gasteiger charge is 2.30. The van der Waals surface area contributed by atoms with Crippen molar-refractivity contribution in [2.75, 3.05) is 0 Å². The molecule has 110 valence electrons. The Morgan fingerprint density at radius 1 is 1.00 bits per heavy atom. The van der Waals surface area contributed by atoms with Crippen LogP contribution in [0.4, 0.5) is 0 Å². The molecule has 0 aliphatic carbocycles. The summed E-state index contributed by atoms with van der Waals surface area (Å²) in [7, 11) is 0. The van der Waals surface area contributed by atoms with Gasteiger partial charge in [-0.1, -0.05) is 30.3 Å². The van der Waals surface area contributed by atoms with E-state index in [1.807, 2.05) is 0 Å². The van der Waals surface area contributed by atoms with Crippen molar-refractivity contribution in [3.63, 3.8) is 0 Å². The summed E-state index contributed by atoms with van der Waals surface area (Å²) in [6, 6.07) is 12.7. The van der Waals surface area contributed by atoms with E-state index in [0.29, 0.717) is 0 Å². The summed E-state index contributed by atoms with van der Waals surface area (Å²) in [5.74, 6) is 0.996. The van der Waals surface area contributed by atoms with Crippen molar-refractivity contribution >= 4 is 0 Å². The van der Waals surface area contributed by atoms with Gasteiger partial charge in [-0.2, -0.15) is 0 Å². The predicted molar refractivity (Wildman–Crippen MR) is 86.8 cm³/mol. The Morgan fingerprint density at radius 3 is 2.38 bits per heavy atom. The molecule has 2 nitrogen and oxygen atoms in total. The molecular formula is C19H23NO. The molecule has 1 atom stereocenters. The summed E-state index contributed by atoms with van der Waals surface area (Å²) in [6.07, 6.45) is 0.940. The smallest absolute Gasteiger partial charge is 0.123 e. The maximum atomic E-state index is 6.46. The van der Waals surface area contributed by atoms with E-state index in [0.717, 1.165) is 23.3 Å². The van der Waals surface area contributed by atoms with Crippen molar-refractivity contribution in [1.29, 1.82) is 0 Å². The Bertz CT molecular complexity index is 688. The molecule has 0 saturated heterocycles. The van der Waals surface area contributed by atoms with Gasteiger partial charge in [-0.25, -0.2) is 0 Å². The molecule has 0 aromatic heterocycles. The average Bonchev–Trinajstić information content (AvgIpc) is 2.73. The van der Waals surface area contributed by atoms with Crippen LogP contribution in [0.5, 0.6) is 5.75 Å². The molecule has 1 heterocycles. The van der Waals surface area contributed by atoms with Crippen molar-refractivity contribution in [2.45, 2.75) is 45.8 Å². The largest absolute Gasteiger partial charge is 0.487 e. The molecule has 3 rings (SSSR count). The Kier molecular flexibility index (Phi) is 3.29. The number of ether oxygens (including phenoxy) is 1. The first-order valence-corrected chi connectivity index (χ1v) is 7.50. The van der Waals surface area contributed by atoms with Crippen LogP contribution < -0.4 is 10.5 Å². The fraction of sp³-hybridized carbons (Fsp3) is 0.368. The van der Waals surface area contributed by atoms with Gasteiger partial charge >= 0.3 is 0 Å². The quantitative estimate of drug-likeness (QED) is 0.900. The summed E-state index contributed by atoms with van der Waals surface area (Å²) in [4.78, 5) is 0. The molecule has 1 unspecified atom stereocenters. The molecule has 2 aromatic rings. The van der Waals surface area contributed by atoms with Crippen LogP contribution in [0.2, 0.25) is 0 Å². The van der Waals surface area contributed by atoms with E-state index in [-0.39, 0.29) is 11.6 Å². The predicted octanol–water partition coefficient (Wildman–Crippen LogP) is 4.07. The topological polar surface area (TPSA) is 35.2 Å². The maximum absolute atomic E-state index is 6.46. The number of aryl methyl sites for hydroxylation is 2. The highest BCUT2D eigenvalue weighted by molar-refractivity contribution is 5.45. The Morgan fingerprint density at radius 2 is 1.67 bits per heavy atom. The highest BCUT2D eigenvalue weighted by atomic mass is 16.5. The first-order valence-electron chi connectivity index (χ1n) is 7.50. The van der Waals surface area contributed by atoms with E-state index in [1.165, 1.54) is 16.7 Å². The third kappa shape index (κ3) is 2.68. The minimum Gasteiger partial charge on any atom is -0.487 e. The zero-order valence-corrected chi connectivity index (χ0v) is 13.2. The molecule has 0 amide bonds. The van der Waals surface area contributed by atoms with E-state index >= 15 is 0 Å². The van der Waals surface area contributed by atoms with Crippen LogP contribution in [0.15, 0.2) is 36.4 Å². The summed E-state index contributed by atoms with van der Waals surface area (Å²) >= 11 is 0. The molecule has 0 radical (unpaired) electrons. The number of benzene rings is 2. The monoisotopic (exact) mass is 281 g/mol. The zero-order valence-electron chi connectivity index (χ0n) is 13.2. The van der Waals surface area contributed by atoms with Gasteiger partial charge in [0.2, 0.25) is 0 Å². The van der Waals surface area contributed by atoms with Gasteiger partial charge in [-0.3, -0.25) is 0 Å². The molecule has 2 aromatic carbocycles. The van der Waals surface area contributed by atoms with Crippen molar-refractivity contribution in [2.24, 2.45) is 5.73 Å². The van der Waals surface area contributed by atoms with Crippen molar-refractivity contribution in [1.82, 2.24) is 0 Å². The molecule has 2 heteroatoms. The normalized spacial score (nSPS) is 17.2. The molecular weight excluding hydrogens is 258 g/mol. The SMILES string of the molecule is Cc1ccc(C(N)c2ccc3c(c2)CC(C)(C)O3)cc1C. The molecule has 0 bridgehead atoms. The number of hydrogen-bond donors (Lipinski definition) is 1. The van der Waals surface area contributed by atoms with Crippen molar-refractivity contribution in [3.05, 3.63) is 64.2 Å². The molecule has 0 spiro atoms. The minimum absolute atomic E-state index is 0.0849. The second-order valence-electron chi connectivity index (χ2n) is 6.73. The van der Waals surface area contributed by atoms with Crippen LogP contribution in [-0.2, 0) is 6.42 Å². The summed E-state index contributed by atoms with van der Waals surface area (Å²) in [6.45, 7) is 8.50. The molecule has 2 N–H and O–H groups in total. The highest BCUT2D eigenvalue weighted by Crippen LogP contribution is 2.36. The summed E-state index contributed by atoms with van der Waals surface area (Å²) in [5, 5.41) is 0. The van der Waals surface area contributed by atoms with Gasteiger partial charge in [0, 0.05) is 6.42 Å². The lowest BCUT2D eigenvalue weighted by molar-refractivity contribution is 0.138. The first-order chi connectivity index (χ1) is 9.85. The molecule has 0 saturated carbocycles. The fourth-order valence-corrected chi connectivity index (χ4v) is 2.97. The van der Waals surface area contributed by atoms with E-state index in [1.54, 1.807) is 0 Å². The number of nitrogens with two attached hydrogens (primary N) is 1. The molecule has 21 heavy (non-hydrogen) atoms. The van der Waals surface area contributed by atoms with E-state index in [9.17, 15) is 0 Å². The van der Waals surface area contributed by atoms with Gasteiger partial charge in [0.15, 0.2) is 0 Å². The lowest BCUT2D eigenvalue weighted by atomic mass is 9.93. The summed E-state index contributed by atoms with van der Waals surface area (Å²) in [5.41, 5.74) is 12.5. The lowest BCUT2D eigenvalue weighted by Gasteiger charge is -2.16. The van der Waals surface area contributed by atoms with Gasteiger partial charge in [-0.15, -0.1) is 0 Å². The van der Waals surface area contributed by atoms with Crippen LogP contribution in [-0.4, -0.2) is 5.60 Å². The minimum atomic E-state index is -0.106. The van der Waals surface area contributed by atoms with Crippen LogP contribution in [0.1, 0.15) is 47.7 Å². The average molecular weight is 281 g/mol. The standard InChI is InChI=1S/C19H23NO/c1-12-5-6-14(9-13(12)2)18(20)15-7-8-17-16(10-15)11-19(3,4)21-17/h5-10,18H,11,20H2,1-4H3. The van der Waals surface area contributed by atoms with Gasteiger partial charge in [0.05, 0.1) is 6.04 Å². The Balaban J connectivity index is 1.93.